The fourth-order valence-corrected chi connectivity index (χ4v) is 2.87. The van der Waals surface area contributed by atoms with Crippen LogP contribution in [-0.2, 0) is 0 Å². The van der Waals surface area contributed by atoms with Gasteiger partial charge in [0.1, 0.15) is 17.8 Å². The lowest BCUT2D eigenvalue weighted by molar-refractivity contribution is 0.0974. The second-order valence-corrected chi connectivity index (χ2v) is 5.21. The standard InChI is InChI=1S/C17H8O6/c18-11-3-1-2-8-13(11)17(22)14-9(15(8)20)4-7-5-12(19)23-6-10(7)16(14)21/h1-6,18,21H. The Hall–Kier alpha value is -3.41. The van der Waals surface area contributed by atoms with Crippen molar-refractivity contribution in [3.8, 4) is 11.5 Å². The van der Waals surface area contributed by atoms with Crippen LogP contribution in [0.5, 0.6) is 11.5 Å². The first-order valence-corrected chi connectivity index (χ1v) is 6.69. The molecule has 0 amide bonds. The van der Waals surface area contributed by atoms with Crippen molar-refractivity contribution in [3.05, 3.63) is 69.3 Å². The van der Waals surface area contributed by atoms with Crippen LogP contribution in [0.15, 0.2) is 45.8 Å². The fraction of sp³-hybridized carbons (Fsp3) is 0. The van der Waals surface area contributed by atoms with Crippen molar-refractivity contribution in [3.63, 3.8) is 0 Å². The van der Waals surface area contributed by atoms with E-state index in [2.05, 4.69) is 0 Å². The van der Waals surface area contributed by atoms with Crippen LogP contribution in [0.2, 0.25) is 0 Å². The van der Waals surface area contributed by atoms with E-state index in [9.17, 15) is 24.6 Å². The molecule has 6 nitrogen and oxygen atoms in total. The molecule has 0 saturated carbocycles. The van der Waals surface area contributed by atoms with Crippen molar-refractivity contribution in [1.82, 2.24) is 0 Å². The normalized spacial score (nSPS) is 13.0. The first-order chi connectivity index (χ1) is 11.0. The highest BCUT2D eigenvalue weighted by Gasteiger charge is 2.35. The molecule has 23 heavy (non-hydrogen) atoms. The van der Waals surface area contributed by atoms with E-state index in [0.717, 1.165) is 12.3 Å². The summed E-state index contributed by atoms with van der Waals surface area (Å²) in [5.41, 5.74) is -0.931. The van der Waals surface area contributed by atoms with Gasteiger partial charge in [-0.1, -0.05) is 12.1 Å². The monoisotopic (exact) mass is 308 g/mol. The average Bonchev–Trinajstić information content (AvgIpc) is 2.52. The summed E-state index contributed by atoms with van der Waals surface area (Å²) >= 11 is 0. The Kier molecular flexibility index (Phi) is 2.48. The Bertz CT molecular complexity index is 1090. The molecule has 112 valence electrons. The second-order valence-electron chi connectivity index (χ2n) is 5.21. The summed E-state index contributed by atoms with van der Waals surface area (Å²) < 4.78 is 4.71. The smallest absolute Gasteiger partial charge is 0.336 e. The van der Waals surface area contributed by atoms with Crippen molar-refractivity contribution < 1.29 is 24.2 Å². The van der Waals surface area contributed by atoms with E-state index >= 15 is 0 Å². The maximum absolute atomic E-state index is 12.6. The van der Waals surface area contributed by atoms with Crippen LogP contribution in [-0.4, -0.2) is 21.8 Å². The van der Waals surface area contributed by atoms with E-state index < -0.39 is 22.9 Å². The van der Waals surface area contributed by atoms with Crippen LogP contribution in [0.1, 0.15) is 31.8 Å². The minimum atomic E-state index is -0.654. The maximum atomic E-state index is 12.6. The number of carbonyl (C=O) groups is 2. The molecule has 1 aromatic heterocycles. The Morgan fingerprint density at radius 3 is 2.43 bits per heavy atom. The first-order valence-electron chi connectivity index (χ1n) is 6.69. The largest absolute Gasteiger partial charge is 0.507 e. The Labute approximate surface area is 128 Å². The van der Waals surface area contributed by atoms with Crippen LogP contribution >= 0.6 is 0 Å². The lowest BCUT2D eigenvalue weighted by atomic mass is 9.82. The van der Waals surface area contributed by atoms with E-state index in [1.165, 1.54) is 24.3 Å². The molecule has 0 saturated heterocycles. The van der Waals surface area contributed by atoms with Gasteiger partial charge in [-0.05, 0) is 17.5 Å². The van der Waals surface area contributed by atoms with Gasteiger partial charge in [0.15, 0.2) is 5.78 Å². The highest BCUT2D eigenvalue weighted by Crippen LogP contribution is 2.39. The zero-order valence-electron chi connectivity index (χ0n) is 11.5. The minimum Gasteiger partial charge on any atom is -0.507 e. The molecule has 0 aliphatic heterocycles. The maximum Gasteiger partial charge on any atom is 0.336 e. The van der Waals surface area contributed by atoms with Gasteiger partial charge >= 0.3 is 5.63 Å². The van der Waals surface area contributed by atoms with Gasteiger partial charge in [-0.15, -0.1) is 0 Å². The summed E-state index contributed by atoms with van der Waals surface area (Å²) in [5, 5.41) is 20.7. The van der Waals surface area contributed by atoms with E-state index in [1.54, 1.807) is 0 Å². The number of hydrogen-bond acceptors (Lipinski definition) is 6. The third kappa shape index (κ3) is 1.66. The third-order valence-corrected chi connectivity index (χ3v) is 3.92. The predicted molar refractivity (Wildman–Crippen MR) is 79.1 cm³/mol. The quantitative estimate of drug-likeness (QED) is 0.514. The number of fused-ring (bicyclic) bond motifs is 3. The summed E-state index contributed by atoms with van der Waals surface area (Å²) in [5.74, 6) is -1.94. The van der Waals surface area contributed by atoms with Crippen molar-refractivity contribution in [2.24, 2.45) is 0 Å². The van der Waals surface area contributed by atoms with Gasteiger partial charge in [-0.2, -0.15) is 0 Å². The number of benzene rings is 2. The van der Waals surface area contributed by atoms with Crippen LogP contribution in [0.4, 0.5) is 0 Å². The van der Waals surface area contributed by atoms with E-state index in [0.29, 0.717) is 5.39 Å². The zero-order valence-corrected chi connectivity index (χ0v) is 11.5. The molecule has 2 aromatic carbocycles. The Morgan fingerprint density at radius 1 is 0.870 bits per heavy atom. The summed E-state index contributed by atoms with van der Waals surface area (Å²) in [6, 6.07) is 6.68. The molecule has 0 fully saturated rings. The lowest BCUT2D eigenvalue weighted by Crippen LogP contribution is -2.21. The van der Waals surface area contributed by atoms with Crippen molar-refractivity contribution >= 4 is 22.3 Å². The lowest BCUT2D eigenvalue weighted by Gasteiger charge is -2.20. The van der Waals surface area contributed by atoms with Crippen molar-refractivity contribution in [2.45, 2.75) is 0 Å². The summed E-state index contributed by atoms with van der Waals surface area (Å²) in [4.78, 5) is 36.6. The van der Waals surface area contributed by atoms with Crippen LogP contribution in [0.25, 0.3) is 10.8 Å². The molecule has 0 spiro atoms. The first kappa shape index (κ1) is 13.3. The molecule has 1 heterocycles. The minimum absolute atomic E-state index is 0.0105. The topological polar surface area (TPSA) is 105 Å². The van der Waals surface area contributed by atoms with Crippen molar-refractivity contribution in [2.75, 3.05) is 0 Å². The predicted octanol–water partition coefficient (Wildman–Crippen LogP) is 1.98. The highest BCUT2D eigenvalue weighted by atomic mass is 16.4. The number of aromatic hydroxyl groups is 2. The summed E-state index contributed by atoms with van der Waals surface area (Å²) in [6.07, 6.45) is 1.03. The van der Waals surface area contributed by atoms with Gasteiger partial charge in [0, 0.05) is 17.2 Å². The SMILES string of the molecule is O=C1c2cccc(O)c2C(=O)c2c1cc1cc(=O)occ1c2O. The number of rotatable bonds is 0. The molecule has 0 atom stereocenters. The average molecular weight is 308 g/mol. The molecule has 0 bridgehead atoms. The van der Waals surface area contributed by atoms with Gasteiger partial charge in [0.2, 0.25) is 5.78 Å². The molecule has 3 aromatic rings. The molecule has 4 rings (SSSR count). The Morgan fingerprint density at radius 2 is 1.65 bits per heavy atom. The number of phenolic OH excluding ortho intramolecular Hbond substituents is 2. The molecular weight excluding hydrogens is 300 g/mol. The van der Waals surface area contributed by atoms with Gasteiger partial charge in [0.05, 0.1) is 16.5 Å². The van der Waals surface area contributed by atoms with Crippen LogP contribution < -0.4 is 5.63 Å². The highest BCUT2D eigenvalue weighted by molar-refractivity contribution is 6.31. The number of hydrogen-bond donors (Lipinski definition) is 2. The second kappa shape index (κ2) is 4.30. The van der Waals surface area contributed by atoms with Crippen LogP contribution in [0, 0.1) is 0 Å². The third-order valence-electron chi connectivity index (χ3n) is 3.92. The summed E-state index contributed by atoms with van der Waals surface area (Å²) in [7, 11) is 0. The van der Waals surface area contributed by atoms with E-state index in [-0.39, 0.29) is 33.4 Å². The number of ketones is 2. The molecule has 1 aliphatic rings. The van der Waals surface area contributed by atoms with Gasteiger partial charge in [-0.25, -0.2) is 4.79 Å². The number of carbonyl (C=O) groups excluding carboxylic acids is 2. The fourth-order valence-electron chi connectivity index (χ4n) is 2.87. The number of phenols is 2. The van der Waals surface area contributed by atoms with Gasteiger partial charge in [0.25, 0.3) is 0 Å². The van der Waals surface area contributed by atoms with Crippen LogP contribution in [0.3, 0.4) is 0 Å². The van der Waals surface area contributed by atoms with Crippen molar-refractivity contribution in [1.29, 1.82) is 0 Å². The molecular formula is C17H8O6. The molecule has 0 unspecified atom stereocenters. The van der Waals surface area contributed by atoms with Gasteiger partial charge in [-0.3, -0.25) is 9.59 Å². The van der Waals surface area contributed by atoms with E-state index in [4.69, 9.17) is 4.42 Å². The van der Waals surface area contributed by atoms with Gasteiger partial charge < -0.3 is 14.6 Å². The molecule has 6 heteroatoms. The molecule has 1 aliphatic carbocycles. The molecule has 0 radical (unpaired) electrons. The van der Waals surface area contributed by atoms with E-state index in [1.807, 2.05) is 0 Å². The molecule has 2 N–H and O–H groups in total. The Balaban J connectivity index is 2.15. The zero-order chi connectivity index (χ0) is 16.3. The summed E-state index contributed by atoms with van der Waals surface area (Å²) in [6.45, 7) is 0.